The van der Waals surface area contributed by atoms with Gasteiger partial charge in [0.05, 0.1) is 6.33 Å². The minimum Gasteiger partial charge on any atom is -0.370 e. The van der Waals surface area contributed by atoms with Crippen LogP contribution in [0.5, 0.6) is 0 Å². The zero-order valence-corrected chi connectivity index (χ0v) is 44.1. The number of nitrogens with zero attached hydrogens (tertiary/aromatic N) is 2. The molecule has 9 amide bonds. The molecule has 0 unspecified atom stereocenters. The summed E-state index contributed by atoms with van der Waals surface area (Å²) in [7, 11) is 2.16. The first-order valence-corrected chi connectivity index (χ1v) is 27.5. The fourth-order valence-electron chi connectivity index (χ4n) is 8.13. The van der Waals surface area contributed by atoms with E-state index in [9.17, 15) is 43.2 Å². The van der Waals surface area contributed by atoms with Gasteiger partial charge in [-0.05, 0) is 42.9 Å². The van der Waals surface area contributed by atoms with Crippen LogP contribution >= 0.6 is 21.6 Å². The smallest absolute Gasteiger partial charge is 0.244 e. The molecule has 0 aliphatic carbocycles. The fraction of sp³-hybridized carbons (Fsp3) is 0.460. The number of nitrogens with one attached hydrogen (secondary N) is 10. The van der Waals surface area contributed by atoms with Crippen LogP contribution in [0.4, 0.5) is 0 Å². The maximum absolute atomic E-state index is 14.7. The van der Waals surface area contributed by atoms with Gasteiger partial charge in [0.2, 0.25) is 53.2 Å². The number of hydrogen-bond donors (Lipinski definition) is 13. The maximum atomic E-state index is 14.7. The summed E-state index contributed by atoms with van der Waals surface area (Å²) in [6.45, 7) is 3.26. The molecule has 3 heterocycles. The third-order valence-electron chi connectivity index (χ3n) is 12.1. The number of fused-ring (bicyclic) bond motifs is 1. The third-order valence-corrected chi connectivity index (χ3v) is 14.5. The fourth-order valence-corrected chi connectivity index (χ4v) is 10.5. The number of imidazole rings is 1. The van der Waals surface area contributed by atoms with E-state index in [-0.39, 0.29) is 81.9 Å². The lowest BCUT2D eigenvalue weighted by Gasteiger charge is -2.28. The van der Waals surface area contributed by atoms with Gasteiger partial charge in [-0.25, -0.2) is 4.98 Å². The number of carbonyl (C=O) groups is 9. The van der Waals surface area contributed by atoms with Gasteiger partial charge in [-0.3, -0.25) is 48.1 Å². The quantitative estimate of drug-likeness (QED) is 0.0271. The van der Waals surface area contributed by atoms with Gasteiger partial charge in [0.25, 0.3) is 0 Å². The van der Waals surface area contributed by atoms with E-state index in [1.165, 1.54) is 19.4 Å². The van der Waals surface area contributed by atoms with E-state index in [1.54, 1.807) is 36.5 Å². The van der Waals surface area contributed by atoms with Gasteiger partial charge in [-0.15, -0.1) is 0 Å². The topological polar surface area (TPSA) is 385 Å². The van der Waals surface area contributed by atoms with Crippen molar-refractivity contribution < 1.29 is 43.2 Å². The van der Waals surface area contributed by atoms with Gasteiger partial charge in [0, 0.05) is 86.2 Å². The van der Waals surface area contributed by atoms with E-state index in [0.717, 1.165) is 32.5 Å². The molecule has 1 fully saturated rings. The number of rotatable bonds is 17. The molecule has 7 atom stereocenters. The molecule has 410 valence electrons. The first-order chi connectivity index (χ1) is 36.5. The van der Waals surface area contributed by atoms with Crippen LogP contribution in [0, 0.1) is 0 Å². The lowest BCUT2D eigenvalue weighted by molar-refractivity contribution is -0.135. The van der Waals surface area contributed by atoms with Crippen LogP contribution in [0.3, 0.4) is 0 Å². The van der Waals surface area contributed by atoms with Crippen molar-refractivity contribution in [3.8, 4) is 0 Å². The van der Waals surface area contributed by atoms with E-state index in [0.29, 0.717) is 29.7 Å². The standard InChI is InChI=1S/C50H69N15O9S2/c1-3-4-15-35(59-29(2)66)45(70)65-41-27-76-75-26-40(43(51)68)60-42(67)18-11-19-55-44(69)38(22-31-24-57-34-16-9-8-14-33(31)34)63-46(71)36(17-10-20-56-50(52)53)61-47(72)37(21-30-12-6-5-7-13-30)62-48(73)39(64-49(41)74)23-32-25-54-28-58-32/h5-9,12-14,16,24-25,28,35-41,57H,3-4,10-11,15,17-23,26-27H2,1-2H3,(H2,51,68)(H,54,58)(H,55,69)(H,59,66)(H,60,67)(H,61,72)(H,62,73)(H,63,71)(H,64,74)(H,65,70)(H4,52,53,56)/t35-,36-,37+,38+,39-,40-,41-/m0/s1. The van der Waals surface area contributed by atoms with Crippen molar-refractivity contribution in [3.05, 3.63) is 90.1 Å². The summed E-state index contributed by atoms with van der Waals surface area (Å²) in [6, 6.07) is 7.43. The normalized spacial score (nSPS) is 21.4. The SMILES string of the molecule is CCCC[C@H](NC(C)=O)C(=O)N[C@H]1CSSC[C@@H](C(N)=O)NC(=O)CCCNC(=O)[C@@H](Cc2c[nH]c3ccccc23)NC(=O)[C@H](CCCN=C(N)N)NC(=O)[C@@H](Cc2ccccc2)NC(=O)[C@H](Cc2cnc[nH]2)NC1=O. The summed E-state index contributed by atoms with van der Waals surface area (Å²) in [5.41, 5.74) is 19.4. The Morgan fingerprint density at radius 1 is 0.763 bits per heavy atom. The molecule has 26 heteroatoms. The number of aromatic nitrogens is 3. The van der Waals surface area contributed by atoms with Crippen molar-refractivity contribution in [2.24, 2.45) is 22.2 Å². The minimum atomic E-state index is -1.41. The Morgan fingerprint density at radius 2 is 1.42 bits per heavy atom. The van der Waals surface area contributed by atoms with Crippen LogP contribution in [-0.4, -0.2) is 141 Å². The lowest BCUT2D eigenvalue weighted by Crippen LogP contribution is -2.60. The average Bonchev–Trinajstić information content (AvgIpc) is 4.07. The molecule has 4 aromatic rings. The predicted octanol–water partition coefficient (Wildman–Crippen LogP) is -0.647. The average molecular weight is 1090 g/mol. The Hall–Kier alpha value is -7.61. The summed E-state index contributed by atoms with van der Waals surface area (Å²) in [5.74, 6) is -6.60. The van der Waals surface area contributed by atoms with Crippen molar-refractivity contribution in [2.45, 2.75) is 120 Å². The highest BCUT2D eigenvalue weighted by atomic mass is 33.1. The Bertz CT molecular complexity index is 2630. The summed E-state index contributed by atoms with van der Waals surface area (Å²) >= 11 is 0. The van der Waals surface area contributed by atoms with Gasteiger partial charge < -0.3 is 69.7 Å². The van der Waals surface area contributed by atoms with E-state index >= 15 is 0 Å². The van der Waals surface area contributed by atoms with Crippen LogP contribution in [0.25, 0.3) is 10.9 Å². The summed E-state index contributed by atoms with van der Waals surface area (Å²) in [5, 5.41) is 22.8. The maximum Gasteiger partial charge on any atom is 0.244 e. The molecule has 0 bridgehead atoms. The molecule has 0 radical (unpaired) electrons. The number of hydrogen-bond acceptors (Lipinski definition) is 13. The van der Waals surface area contributed by atoms with Crippen LogP contribution in [0.1, 0.15) is 75.6 Å². The van der Waals surface area contributed by atoms with Crippen LogP contribution in [-0.2, 0) is 62.4 Å². The Labute approximate surface area is 447 Å². The second kappa shape index (κ2) is 30.7. The van der Waals surface area contributed by atoms with Gasteiger partial charge in [0.1, 0.15) is 42.3 Å². The highest BCUT2D eigenvalue weighted by molar-refractivity contribution is 8.76. The van der Waals surface area contributed by atoms with Crippen molar-refractivity contribution in [3.63, 3.8) is 0 Å². The summed E-state index contributed by atoms with van der Waals surface area (Å²) in [6.07, 6.45) is 6.08. The minimum absolute atomic E-state index is 0.00430. The number of nitrogens with two attached hydrogens (primary N) is 3. The number of benzene rings is 2. The molecule has 0 spiro atoms. The molecule has 76 heavy (non-hydrogen) atoms. The van der Waals surface area contributed by atoms with E-state index in [2.05, 4.69) is 62.5 Å². The van der Waals surface area contributed by atoms with Gasteiger partial charge in [-0.2, -0.15) is 0 Å². The number of H-pyrrole nitrogens is 2. The molecule has 16 N–H and O–H groups in total. The highest BCUT2D eigenvalue weighted by Gasteiger charge is 2.34. The molecule has 5 rings (SSSR count). The Kier molecular flexibility index (Phi) is 23.9. The first-order valence-electron chi connectivity index (χ1n) is 25.0. The van der Waals surface area contributed by atoms with E-state index < -0.39 is 95.5 Å². The third kappa shape index (κ3) is 19.6. The van der Waals surface area contributed by atoms with Gasteiger partial charge in [-0.1, -0.05) is 89.9 Å². The molecule has 1 aliphatic heterocycles. The van der Waals surface area contributed by atoms with Crippen LogP contribution in [0.15, 0.2) is 78.3 Å². The van der Waals surface area contributed by atoms with Crippen molar-refractivity contribution >= 4 is 91.6 Å². The zero-order chi connectivity index (χ0) is 55.0. The number of carbonyl (C=O) groups excluding carboxylic acids is 9. The second-order valence-electron chi connectivity index (χ2n) is 18.2. The molecule has 2 aromatic carbocycles. The molecule has 2 aromatic heterocycles. The Morgan fingerprint density at radius 3 is 2.11 bits per heavy atom. The number of aromatic amines is 2. The number of guanidine groups is 1. The zero-order valence-electron chi connectivity index (χ0n) is 42.5. The van der Waals surface area contributed by atoms with E-state index in [1.807, 2.05) is 31.2 Å². The number of para-hydroxylation sites is 1. The summed E-state index contributed by atoms with van der Waals surface area (Å²) in [4.78, 5) is 138. The van der Waals surface area contributed by atoms with Crippen molar-refractivity contribution in [2.75, 3.05) is 24.6 Å². The number of aliphatic imine (C=N–C) groups is 1. The molecule has 1 aliphatic rings. The predicted molar refractivity (Wildman–Crippen MR) is 289 cm³/mol. The molecule has 24 nitrogen and oxygen atoms in total. The molecular weight excluding hydrogens is 1020 g/mol. The second-order valence-corrected chi connectivity index (χ2v) is 20.7. The molecule has 0 saturated carbocycles. The number of unbranched alkanes of at least 4 members (excludes halogenated alkanes) is 1. The largest absolute Gasteiger partial charge is 0.370 e. The first kappa shape index (κ1) is 59.3. The van der Waals surface area contributed by atoms with Crippen molar-refractivity contribution in [1.82, 2.24) is 57.5 Å². The Balaban J connectivity index is 1.53. The highest BCUT2D eigenvalue weighted by Crippen LogP contribution is 2.24. The number of amides is 9. The monoisotopic (exact) mass is 1090 g/mol. The van der Waals surface area contributed by atoms with Gasteiger partial charge in [0.15, 0.2) is 5.96 Å². The van der Waals surface area contributed by atoms with Crippen molar-refractivity contribution in [1.29, 1.82) is 0 Å². The van der Waals surface area contributed by atoms with Crippen LogP contribution in [0.2, 0.25) is 0 Å². The summed E-state index contributed by atoms with van der Waals surface area (Å²) < 4.78 is 0. The van der Waals surface area contributed by atoms with Crippen LogP contribution < -0.4 is 59.7 Å². The molecule has 1 saturated heterocycles. The van der Waals surface area contributed by atoms with Gasteiger partial charge >= 0.3 is 0 Å². The molecular formula is C50H69N15O9S2. The lowest BCUT2D eigenvalue weighted by atomic mass is 10.0. The van der Waals surface area contributed by atoms with E-state index in [4.69, 9.17) is 17.2 Å². The number of primary amides is 1.